The highest BCUT2D eigenvalue weighted by molar-refractivity contribution is 7.07. The van der Waals surface area contributed by atoms with Gasteiger partial charge in [0.25, 0.3) is 11.8 Å². The monoisotopic (exact) mass is 374 g/mol. The number of nitrogens with one attached hydrogen (secondary N) is 1. The summed E-state index contributed by atoms with van der Waals surface area (Å²) in [7, 11) is 1.55. The molecule has 1 fully saturated rings. The van der Waals surface area contributed by atoms with Gasteiger partial charge in [-0.2, -0.15) is 0 Å². The zero-order chi connectivity index (χ0) is 18.5. The molecule has 1 aliphatic heterocycles. The molecule has 138 valence electrons. The second-order valence-electron chi connectivity index (χ2n) is 6.33. The van der Waals surface area contributed by atoms with E-state index in [1.165, 1.54) is 0 Å². The molecule has 1 N–H and O–H groups in total. The Morgan fingerprint density at radius 2 is 2.04 bits per heavy atom. The number of benzene rings is 1. The van der Waals surface area contributed by atoms with Crippen molar-refractivity contribution in [3.8, 4) is 5.75 Å². The summed E-state index contributed by atoms with van der Waals surface area (Å²) in [5, 5.41) is 6.89. The van der Waals surface area contributed by atoms with Crippen LogP contribution in [0, 0.1) is 12.8 Å². The molecule has 8 heteroatoms. The van der Waals surface area contributed by atoms with Gasteiger partial charge in [0.05, 0.1) is 18.4 Å². The number of hydrogen-bond donors (Lipinski definition) is 1. The third-order valence-electron chi connectivity index (χ3n) is 4.65. The minimum Gasteiger partial charge on any atom is -0.496 e. The minimum atomic E-state index is -0.132. The molecule has 0 saturated carbocycles. The van der Waals surface area contributed by atoms with E-state index in [-0.39, 0.29) is 11.8 Å². The second-order valence-corrected chi connectivity index (χ2v) is 7.09. The quantitative estimate of drug-likeness (QED) is 0.867. The van der Waals surface area contributed by atoms with Crippen molar-refractivity contribution >= 4 is 23.3 Å². The Kier molecular flexibility index (Phi) is 5.82. The van der Waals surface area contributed by atoms with Crippen molar-refractivity contribution in [3.05, 3.63) is 40.4 Å². The van der Waals surface area contributed by atoms with Gasteiger partial charge in [-0.1, -0.05) is 16.6 Å². The van der Waals surface area contributed by atoms with Crippen LogP contribution < -0.4 is 10.1 Å². The van der Waals surface area contributed by atoms with E-state index < -0.39 is 0 Å². The number of carbonyl (C=O) groups excluding carboxylic acids is 2. The van der Waals surface area contributed by atoms with Crippen molar-refractivity contribution in [1.82, 2.24) is 19.8 Å². The summed E-state index contributed by atoms with van der Waals surface area (Å²) >= 11 is 1.15. The third kappa shape index (κ3) is 4.01. The first-order valence-electron chi connectivity index (χ1n) is 8.59. The predicted octanol–water partition coefficient (Wildman–Crippen LogP) is 2.14. The molecule has 1 aromatic heterocycles. The van der Waals surface area contributed by atoms with Gasteiger partial charge in [0.15, 0.2) is 0 Å². The summed E-state index contributed by atoms with van der Waals surface area (Å²) in [4.78, 5) is 27.3. The molecule has 0 unspecified atom stereocenters. The lowest BCUT2D eigenvalue weighted by molar-refractivity contribution is 0.0688. The summed E-state index contributed by atoms with van der Waals surface area (Å²) in [6.07, 6.45) is 1.73. The zero-order valence-corrected chi connectivity index (χ0v) is 15.7. The number of hydrogen-bond acceptors (Lipinski definition) is 6. The first-order chi connectivity index (χ1) is 12.6. The van der Waals surface area contributed by atoms with Crippen LogP contribution in [0.1, 0.15) is 38.6 Å². The van der Waals surface area contributed by atoms with Crippen LogP contribution in [-0.4, -0.2) is 53.0 Å². The number of ether oxygens (including phenoxy) is 1. The molecular weight excluding hydrogens is 352 g/mol. The van der Waals surface area contributed by atoms with Gasteiger partial charge in [0, 0.05) is 19.6 Å². The molecule has 0 radical (unpaired) electrons. The van der Waals surface area contributed by atoms with Crippen LogP contribution >= 0.6 is 11.5 Å². The summed E-state index contributed by atoms with van der Waals surface area (Å²) < 4.78 is 9.06. The van der Waals surface area contributed by atoms with E-state index in [9.17, 15) is 9.59 Å². The Bertz CT molecular complexity index is 784. The Labute approximate surface area is 156 Å². The number of methoxy groups -OCH3 is 1. The number of aryl methyl sites for hydroxylation is 1. The molecule has 3 rings (SSSR count). The Balaban J connectivity index is 1.49. The summed E-state index contributed by atoms with van der Waals surface area (Å²) in [5.74, 6) is 0.804. The van der Waals surface area contributed by atoms with Crippen molar-refractivity contribution in [2.45, 2.75) is 19.8 Å². The highest BCUT2D eigenvalue weighted by Gasteiger charge is 2.26. The fourth-order valence-corrected chi connectivity index (χ4v) is 3.70. The highest BCUT2D eigenvalue weighted by Crippen LogP contribution is 2.21. The van der Waals surface area contributed by atoms with Gasteiger partial charge in [-0.05, 0) is 49.3 Å². The average Bonchev–Trinajstić information content (AvgIpc) is 3.11. The number of nitrogens with zero attached hydrogens (tertiary/aromatic N) is 3. The third-order valence-corrected chi connectivity index (χ3v) is 5.47. The van der Waals surface area contributed by atoms with Gasteiger partial charge in [0.1, 0.15) is 10.6 Å². The largest absolute Gasteiger partial charge is 0.496 e. The molecule has 0 bridgehead atoms. The maximum atomic E-state index is 12.5. The van der Waals surface area contributed by atoms with Crippen LogP contribution in [0.3, 0.4) is 0 Å². The number of likely N-dealkylation sites (tertiary alicyclic amines) is 1. The maximum absolute atomic E-state index is 12.5. The predicted molar refractivity (Wildman–Crippen MR) is 98.6 cm³/mol. The van der Waals surface area contributed by atoms with E-state index in [1.54, 1.807) is 26.2 Å². The van der Waals surface area contributed by atoms with E-state index in [2.05, 4.69) is 14.9 Å². The fraction of sp³-hybridized carbons (Fsp3) is 0.444. The average molecular weight is 374 g/mol. The van der Waals surface area contributed by atoms with Crippen LogP contribution in [0.2, 0.25) is 0 Å². The number of aromatic nitrogens is 2. The first-order valence-corrected chi connectivity index (χ1v) is 9.37. The van der Waals surface area contributed by atoms with E-state index in [0.29, 0.717) is 47.4 Å². The van der Waals surface area contributed by atoms with E-state index in [1.807, 2.05) is 17.0 Å². The van der Waals surface area contributed by atoms with Gasteiger partial charge in [-0.3, -0.25) is 9.59 Å². The Morgan fingerprint density at radius 3 is 2.69 bits per heavy atom. The number of para-hydroxylation sites is 1. The lowest BCUT2D eigenvalue weighted by Crippen LogP contribution is -2.41. The zero-order valence-electron chi connectivity index (χ0n) is 14.9. The molecular formula is C18H22N4O3S. The van der Waals surface area contributed by atoms with Crippen LogP contribution in [-0.2, 0) is 0 Å². The van der Waals surface area contributed by atoms with Crippen molar-refractivity contribution in [2.24, 2.45) is 5.92 Å². The maximum Gasteiger partial charge on any atom is 0.267 e. The Morgan fingerprint density at radius 1 is 1.31 bits per heavy atom. The number of carbonyl (C=O) groups is 2. The van der Waals surface area contributed by atoms with Gasteiger partial charge < -0.3 is 15.0 Å². The number of amides is 2. The van der Waals surface area contributed by atoms with Gasteiger partial charge in [0.2, 0.25) is 0 Å². The second kappa shape index (κ2) is 8.27. The molecule has 0 spiro atoms. The molecule has 2 aromatic rings. The van der Waals surface area contributed by atoms with Crippen molar-refractivity contribution < 1.29 is 14.3 Å². The van der Waals surface area contributed by atoms with E-state index in [4.69, 9.17) is 4.74 Å². The fourth-order valence-electron chi connectivity index (χ4n) is 3.08. The SMILES string of the molecule is COc1ccccc1C(=O)NCC1CCN(C(=O)c2snnc2C)CC1. The summed E-state index contributed by atoms with van der Waals surface area (Å²) in [6.45, 7) is 3.77. The van der Waals surface area contributed by atoms with Gasteiger partial charge >= 0.3 is 0 Å². The van der Waals surface area contributed by atoms with E-state index in [0.717, 1.165) is 24.4 Å². The van der Waals surface area contributed by atoms with Crippen molar-refractivity contribution in [1.29, 1.82) is 0 Å². The van der Waals surface area contributed by atoms with Crippen LogP contribution in [0.5, 0.6) is 5.75 Å². The normalized spacial score (nSPS) is 14.9. The first kappa shape index (κ1) is 18.3. The molecule has 7 nitrogen and oxygen atoms in total. The molecule has 1 saturated heterocycles. The molecule has 2 heterocycles. The van der Waals surface area contributed by atoms with E-state index >= 15 is 0 Å². The standard InChI is InChI=1S/C18H22N4O3S/c1-12-16(26-21-20-12)18(24)22-9-7-13(8-10-22)11-19-17(23)14-5-3-4-6-15(14)25-2/h3-6,13H,7-11H2,1-2H3,(H,19,23). The molecule has 2 amide bonds. The van der Waals surface area contributed by atoms with Gasteiger partial charge in [-0.25, -0.2) is 0 Å². The van der Waals surface area contributed by atoms with Crippen molar-refractivity contribution in [3.63, 3.8) is 0 Å². The molecule has 0 aliphatic carbocycles. The topological polar surface area (TPSA) is 84.4 Å². The van der Waals surface area contributed by atoms with Gasteiger partial charge in [-0.15, -0.1) is 5.10 Å². The highest BCUT2D eigenvalue weighted by atomic mass is 32.1. The Hall–Kier alpha value is -2.48. The molecule has 1 aliphatic rings. The lowest BCUT2D eigenvalue weighted by Gasteiger charge is -2.31. The van der Waals surface area contributed by atoms with Crippen LogP contribution in [0.4, 0.5) is 0 Å². The smallest absolute Gasteiger partial charge is 0.267 e. The van der Waals surface area contributed by atoms with Crippen molar-refractivity contribution in [2.75, 3.05) is 26.7 Å². The van der Waals surface area contributed by atoms with Crippen LogP contribution in [0.15, 0.2) is 24.3 Å². The molecule has 1 aromatic carbocycles. The minimum absolute atomic E-state index is 0.00834. The molecule has 0 atom stereocenters. The lowest BCUT2D eigenvalue weighted by atomic mass is 9.96. The summed E-state index contributed by atoms with van der Waals surface area (Å²) in [6, 6.07) is 7.18. The molecule has 26 heavy (non-hydrogen) atoms. The summed E-state index contributed by atoms with van der Waals surface area (Å²) in [5.41, 5.74) is 1.22. The number of rotatable bonds is 5. The number of piperidine rings is 1. The van der Waals surface area contributed by atoms with Crippen LogP contribution in [0.25, 0.3) is 0 Å².